The van der Waals surface area contributed by atoms with Gasteiger partial charge >= 0.3 is 6.03 Å². The van der Waals surface area contributed by atoms with Gasteiger partial charge in [0.15, 0.2) is 11.5 Å². The van der Waals surface area contributed by atoms with Gasteiger partial charge in [-0.1, -0.05) is 66.2 Å². The zero-order valence-electron chi connectivity index (χ0n) is 26.8. The van der Waals surface area contributed by atoms with E-state index in [9.17, 15) is 14.4 Å². The Morgan fingerprint density at radius 3 is 2.27 bits per heavy atom. The second-order valence-electron chi connectivity index (χ2n) is 13.9. The number of halogens is 1. The summed E-state index contributed by atoms with van der Waals surface area (Å²) in [7, 11) is 0. The van der Waals surface area contributed by atoms with Crippen LogP contribution in [-0.2, 0) is 21.6 Å². The number of barbiturate groups is 1. The lowest BCUT2D eigenvalue weighted by Gasteiger charge is -2.57. The molecule has 0 aromatic heterocycles. The lowest BCUT2D eigenvalue weighted by atomic mass is 9.48. The average molecular weight is 661 g/mol. The highest BCUT2D eigenvalue weighted by atomic mass is 35.5. The van der Waals surface area contributed by atoms with E-state index in [1.54, 1.807) is 12.1 Å². The van der Waals surface area contributed by atoms with Crippen molar-refractivity contribution in [2.24, 2.45) is 17.8 Å². The summed E-state index contributed by atoms with van der Waals surface area (Å²) in [5.74, 6) is 1.72. The highest BCUT2D eigenvalue weighted by molar-refractivity contribution is 6.39. The summed E-state index contributed by atoms with van der Waals surface area (Å²) >= 11 is 6.74. The molecule has 1 heterocycles. The summed E-state index contributed by atoms with van der Waals surface area (Å²) in [5, 5.41) is 4.80. The third-order valence-electron chi connectivity index (χ3n) is 10.8. The number of nitrogens with one attached hydrogen (secondary N) is 1. The van der Waals surface area contributed by atoms with Gasteiger partial charge in [0.1, 0.15) is 12.2 Å². The van der Waals surface area contributed by atoms with Gasteiger partial charge in [0.25, 0.3) is 11.8 Å². The van der Waals surface area contributed by atoms with Gasteiger partial charge in [0.05, 0.1) is 17.3 Å². The molecule has 4 aliphatic carbocycles. The first-order chi connectivity index (χ1) is 23.3. The molecular formula is C40H37ClN2O5. The van der Waals surface area contributed by atoms with E-state index in [1.165, 1.54) is 50.2 Å². The number of benzene rings is 4. The van der Waals surface area contributed by atoms with Gasteiger partial charge in [-0.2, -0.15) is 0 Å². The summed E-state index contributed by atoms with van der Waals surface area (Å²) in [6.45, 7) is 2.47. The number of carbonyl (C=O) groups is 3. The van der Waals surface area contributed by atoms with E-state index in [0.717, 1.165) is 39.0 Å². The number of ether oxygens (including phenoxy) is 2. The maximum absolute atomic E-state index is 13.8. The number of urea groups is 1. The first kappa shape index (κ1) is 30.7. The van der Waals surface area contributed by atoms with Crippen molar-refractivity contribution in [2.75, 3.05) is 11.5 Å². The van der Waals surface area contributed by atoms with E-state index in [4.69, 9.17) is 21.1 Å². The van der Waals surface area contributed by atoms with Crippen molar-refractivity contribution in [2.45, 2.75) is 57.5 Å². The Morgan fingerprint density at radius 1 is 0.875 bits per heavy atom. The first-order valence-electron chi connectivity index (χ1n) is 16.9. The van der Waals surface area contributed by atoms with Crippen LogP contribution in [0.2, 0.25) is 5.02 Å². The van der Waals surface area contributed by atoms with Crippen molar-refractivity contribution in [3.63, 3.8) is 0 Å². The van der Waals surface area contributed by atoms with E-state index < -0.39 is 17.8 Å². The third kappa shape index (κ3) is 5.44. The van der Waals surface area contributed by atoms with Crippen molar-refractivity contribution >= 4 is 52.0 Å². The standard InChI is InChI=1S/C40H37ClN2O5/c1-2-47-35-19-24(18-34(41)36(35)48-23-29-8-5-7-28-6-3-4-9-32(28)29)17-33-37(44)42-39(46)43(38(33)45)31-12-10-30(11-13-31)40-20-25-14-26(21-40)16-27(15-25)22-40/h3-13,17-19,25-27H,2,14-16,20-23H2,1H3,(H,42,44,46)/b33-17+. The van der Waals surface area contributed by atoms with Crippen LogP contribution in [0.25, 0.3) is 16.8 Å². The molecule has 0 radical (unpaired) electrons. The highest BCUT2D eigenvalue weighted by Crippen LogP contribution is 2.60. The first-order valence-corrected chi connectivity index (χ1v) is 17.3. The van der Waals surface area contributed by atoms with Crippen LogP contribution in [0.5, 0.6) is 11.5 Å². The summed E-state index contributed by atoms with van der Waals surface area (Å²) < 4.78 is 12.1. The van der Waals surface area contributed by atoms with Crippen LogP contribution in [0.1, 0.15) is 62.1 Å². The summed E-state index contributed by atoms with van der Waals surface area (Å²) in [4.78, 5) is 40.8. The number of fused-ring (bicyclic) bond motifs is 1. The topological polar surface area (TPSA) is 84.9 Å². The Kier molecular flexibility index (Phi) is 7.75. The number of imide groups is 2. The van der Waals surface area contributed by atoms with E-state index >= 15 is 0 Å². The molecule has 48 heavy (non-hydrogen) atoms. The van der Waals surface area contributed by atoms with E-state index in [1.807, 2.05) is 49.4 Å². The van der Waals surface area contributed by atoms with Crippen LogP contribution in [0, 0.1) is 17.8 Å². The predicted octanol–water partition coefficient (Wildman–Crippen LogP) is 8.61. The Morgan fingerprint density at radius 2 is 1.56 bits per heavy atom. The van der Waals surface area contributed by atoms with Crippen molar-refractivity contribution in [1.29, 1.82) is 0 Å². The van der Waals surface area contributed by atoms with Gasteiger partial charge in [-0.25, -0.2) is 9.69 Å². The molecule has 1 N–H and O–H groups in total. The molecule has 0 atom stereocenters. The fourth-order valence-corrected chi connectivity index (χ4v) is 9.40. The maximum Gasteiger partial charge on any atom is 0.335 e. The fraction of sp³-hybridized carbons (Fsp3) is 0.325. The minimum absolute atomic E-state index is 0.178. The predicted molar refractivity (Wildman–Crippen MR) is 186 cm³/mol. The molecule has 0 unspecified atom stereocenters. The number of hydrogen-bond acceptors (Lipinski definition) is 5. The molecule has 4 bridgehead atoms. The molecule has 244 valence electrons. The molecule has 5 aliphatic rings. The maximum atomic E-state index is 13.8. The molecule has 4 saturated carbocycles. The fourth-order valence-electron chi connectivity index (χ4n) is 9.13. The lowest BCUT2D eigenvalue weighted by Crippen LogP contribution is -2.54. The second kappa shape index (κ2) is 12.1. The zero-order chi connectivity index (χ0) is 33.0. The Bertz CT molecular complexity index is 1940. The molecule has 4 aromatic carbocycles. The molecule has 5 fully saturated rings. The van der Waals surface area contributed by atoms with Gasteiger partial charge in [-0.05, 0) is 126 Å². The number of amides is 4. The molecule has 4 aromatic rings. The smallest absolute Gasteiger partial charge is 0.335 e. The Hall–Kier alpha value is -4.62. The van der Waals surface area contributed by atoms with Crippen LogP contribution in [0.3, 0.4) is 0 Å². The second-order valence-corrected chi connectivity index (χ2v) is 14.3. The van der Waals surface area contributed by atoms with Crippen LogP contribution in [-0.4, -0.2) is 24.5 Å². The third-order valence-corrected chi connectivity index (χ3v) is 11.1. The van der Waals surface area contributed by atoms with Crippen molar-refractivity contribution in [3.05, 3.63) is 106 Å². The van der Waals surface area contributed by atoms with E-state index in [-0.39, 0.29) is 22.6 Å². The largest absolute Gasteiger partial charge is 0.490 e. The molecular weight excluding hydrogens is 624 g/mol. The summed E-state index contributed by atoms with van der Waals surface area (Å²) in [5.41, 5.74) is 3.20. The minimum Gasteiger partial charge on any atom is -0.490 e. The Balaban J connectivity index is 1.05. The number of anilines is 1. The molecule has 1 aliphatic heterocycles. The molecule has 1 saturated heterocycles. The molecule has 9 rings (SSSR count). The van der Waals surface area contributed by atoms with Gasteiger partial charge in [0.2, 0.25) is 0 Å². The van der Waals surface area contributed by atoms with Gasteiger partial charge in [-0.15, -0.1) is 0 Å². The minimum atomic E-state index is -0.769. The zero-order valence-corrected chi connectivity index (χ0v) is 27.6. The molecule has 7 nitrogen and oxygen atoms in total. The lowest BCUT2D eigenvalue weighted by molar-refractivity contribution is -0.122. The van der Waals surface area contributed by atoms with Crippen molar-refractivity contribution in [3.8, 4) is 11.5 Å². The average Bonchev–Trinajstić information content (AvgIpc) is 3.06. The van der Waals surface area contributed by atoms with Gasteiger partial charge < -0.3 is 9.47 Å². The van der Waals surface area contributed by atoms with Crippen molar-refractivity contribution < 1.29 is 23.9 Å². The van der Waals surface area contributed by atoms with Crippen LogP contribution in [0.4, 0.5) is 10.5 Å². The number of hydrogen-bond donors (Lipinski definition) is 1. The Labute approximate surface area is 284 Å². The molecule has 0 spiro atoms. The van der Waals surface area contributed by atoms with Crippen molar-refractivity contribution in [1.82, 2.24) is 5.32 Å². The number of carbonyl (C=O) groups excluding carboxylic acids is 3. The van der Waals surface area contributed by atoms with Crippen LogP contribution < -0.4 is 19.7 Å². The number of rotatable bonds is 8. The molecule has 8 heteroatoms. The number of nitrogens with zero attached hydrogens (tertiary/aromatic N) is 1. The van der Waals surface area contributed by atoms with Gasteiger partial charge in [-0.3, -0.25) is 14.9 Å². The highest BCUT2D eigenvalue weighted by Gasteiger charge is 2.51. The monoisotopic (exact) mass is 660 g/mol. The van der Waals surface area contributed by atoms with Crippen LogP contribution in [0.15, 0.2) is 84.4 Å². The molecule has 4 amide bonds. The van der Waals surface area contributed by atoms with Crippen LogP contribution >= 0.6 is 11.6 Å². The summed E-state index contributed by atoms with van der Waals surface area (Å²) in [6, 6.07) is 24.5. The SMILES string of the molecule is CCOc1cc(/C=C2\C(=O)NC(=O)N(c3ccc(C45CC6CC(CC(C6)C4)C5)cc3)C2=O)cc(Cl)c1OCc1cccc2ccccc12. The quantitative estimate of drug-likeness (QED) is 0.151. The normalized spacial score (nSPS) is 25.5. The van der Waals surface area contributed by atoms with E-state index in [2.05, 4.69) is 29.6 Å². The van der Waals surface area contributed by atoms with Gasteiger partial charge in [0, 0.05) is 0 Å². The summed E-state index contributed by atoms with van der Waals surface area (Å²) in [6.07, 6.45) is 9.19. The van der Waals surface area contributed by atoms with E-state index in [0.29, 0.717) is 29.4 Å².